The molecule has 1 aliphatic rings. The maximum Gasteiger partial charge on any atom is 0.415 e. The highest BCUT2D eigenvalue weighted by Gasteiger charge is 2.54. The van der Waals surface area contributed by atoms with Crippen molar-refractivity contribution in [3.05, 3.63) is 0 Å². The summed E-state index contributed by atoms with van der Waals surface area (Å²) in [6, 6.07) is -0.274. The van der Waals surface area contributed by atoms with Crippen LogP contribution in [-0.4, -0.2) is 36.4 Å². The second kappa shape index (κ2) is 4.81. The Balaban J connectivity index is 2.42. The van der Waals surface area contributed by atoms with Gasteiger partial charge in [0.25, 0.3) is 0 Å². The number of amides is 1. The first kappa shape index (κ1) is 14.2. The zero-order valence-electron chi connectivity index (χ0n) is 9.80. The van der Waals surface area contributed by atoms with Crippen molar-refractivity contribution < 1.29 is 22.7 Å². The van der Waals surface area contributed by atoms with Gasteiger partial charge in [0.15, 0.2) is 5.54 Å². The summed E-state index contributed by atoms with van der Waals surface area (Å²) in [5, 5.41) is 2.29. The van der Waals surface area contributed by atoms with Gasteiger partial charge in [-0.1, -0.05) is 0 Å². The first-order valence-electron chi connectivity index (χ1n) is 5.46. The lowest BCUT2D eigenvalue weighted by Crippen LogP contribution is -2.64. The standard InChI is InChI=1S/C10H17F3N2O2/c1-3-17-7-4-6(5-7)15-8(16)9(2,14)10(11,12)13/h6-7H,3-5,14H2,1-2H3,(H,15,16). The molecule has 0 saturated heterocycles. The quantitative estimate of drug-likeness (QED) is 0.785. The second-order valence-corrected chi connectivity index (χ2v) is 4.42. The topological polar surface area (TPSA) is 64.3 Å². The van der Waals surface area contributed by atoms with Crippen LogP contribution < -0.4 is 11.1 Å². The van der Waals surface area contributed by atoms with E-state index in [1.54, 1.807) is 0 Å². The van der Waals surface area contributed by atoms with Gasteiger partial charge in [0, 0.05) is 12.6 Å². The van der Waals surface area contributed by atoms with Crippen molar-refractivity contribution in [1.82, 2.24) is 5.32 Å². The van der Waals surface area contributed by atoms with Crippen LogP contribution in [0.1, 0.15) is 26.7 Å². The van der Waals surface area contributed by atoms with E-state index >= 15 is 0 Å². The molecule has 0 bridgehead atoms. The van der Waals surface area contributed by atoms with E-state index in [1.807, 2.05) is 6.92 Å². The average Bonchev–Trinajstić information content (AvgIpc) is 2.12. The van der Waals surface area contributed by atoms with E-state index < -0.39 is 17.6 Å². The number of hydrogen-bond acceptors (Lipinski definition) is 3. The number of halogens is 3. The zero-order chi connectivity index (χ0) is 13.3. The maximum atomic E-state index is 12.4. The summed E-state index contributed by atoms with van der Waals surface area (Å²) in [7, 11) is 0. The third-order valence-corrected chi connectivity index (χ3v) is 2.89. The Hall–Kier alpha value is -0.820. The molecule has 1 amide bonds. The molecule has 0 spiro atoms. The van der Waals surface area contributed by atoms with E-state index in [1.165, 1.54) is 0 Å². The van der Waals surface area contributed by atoms with E-state index in [4.69, 9.17) is 10.5 Å². The molecule has 1 aliphatic carbocycles. The number of carbonyl (C=O) groups is 1. The van der Waals surface area contributed by atoms with Crippen LogP contribution in [0.4, 0.5) is 13.2 Å². The summed E-state index contributed by atoms with van der Waals surface area (Å²) in [5.74, 6) is -1.19. The zero-order valence-corrected chi connectivity index (χ0v) is 9.80. The SMILES string of the molecule is CCOC1CC(NC(=O)C(C)(N)C(F)(F)F)C1. The van der Waals surface area contributed by atoms with Crippen LogP contribution in [0.15, 0.2) is 0 Å². The molecule has 0 radical (unpaired) electrons. The Labute approximate surface area is 97.7 Å². The molecule has 1 saturated carbocycles. The number of carbonyl (C=O) groups excluding carboxylic acids is 1. The molecule has 0 aromatic heterocycles. The molecule has 100 valence electrons. The van der Waals surface area contributed by atoms with Crippen molar-refractivity contribution in [2.24, 2.45) is 5.73 Å². The van der Waals surface area contributed by atoms with Crippen molar-refractivity contribution in [1.29, 1.82) is 0 Å². The van der Waals surface area contributed by atoms with Gasteiger partial charge in [-0.25, -0.2) is 0 Å². The molecule has 0 aromatic rings. The molecule has 1 rings (SSSR count). The molecule has 4 nitrogen and oxygen atoms in total. The van der Waals surface area contributed by atoms with Gasteiger partial charge in [-0.2, -0.15) is 13.2 Å². The smallest absolute Gasteiger partial charge is 0.378 e. The molecule has 3 N–H and O–H groups in total. The number of alkyl halides is 3. The van der Waals surface area contributed by atoms with Crippen LogP contribution in [0, 0.1) is 0 Å². The molecular weight excluding hydrogens is 237 g/mol. The highest BCUT2D eigenvalue weighted by Crippen LogP contribution is 2.29. The highest BCUT2D eigenvalue weighted by molar-refractivity contribution is 5.86. The average molecular weight is 254 g/mol. The fourth-order valence-electron chi connectivity index (χ4n) is 1.52. The molecule has 1 fully saturated rings. The van der Waals surface area contributed by atoms with Gasteiger partial charge in [0.05, 0.1) is 6.10 Å². The summed E-state index contributed by atoms with van der Waals surface area (Å²) in [5.41, 5.74) is 2.15. The summed E-state index contributed by atoms with van der Waals surface area (Å²) in [6.07, 6.45) is -3.65. The third kappa shape index (κ3) is 3.10. The van der Waals surface area contributed by atoms with Gasteiger partial charge >= 0.3 is 6.18 Å². The lowest BCUT2D eigenvalue weighted by molar-refractivity contribution is -0.188. The number of nitrogens with one attached hydrogen (secondary N) is 1. The molecule has 0 heterocycles. The summed E-state index contributed by atoms with van der Waals surface area (Å²) in [6.45, 7) is 3.07. The molecule has 7 heteroatoms. The molecule has 1 atom stereocenters. The van der Waals surface area contributed by atoms with Gasteiger partial charge in [-0.05, 0) is 26.7 Å². The monoisotopic (exact) mass is 254 g/mol. The highest BCUT2D eigenvalue weighted by atomic mass is 19.4. The minimum absolute atomic E-state index is 0.0280. The van der Waals surface area contributed by atoms with Gasteiger partial charge in [-0.3, -0.25) is 4.79 Å². The summed E-state index contributed by atoms with van der Waals surface area (Å²) in [4.78, 5) is 11.4. The Bertz CT molecular complexity index is 286. The Morgan fingerprint density at radius 2 is 2.00 bits per heavy atom. The minimum atomic E-state index is -4.75. The van der Waals surface area contributed by atoms with E-state index in [0.717, 1.165) is 0 Å². The fourth-order valence-corrected chi connectivity index (χ4v) is 1.52. The molecule has 0 aliphatic heterocycles. The fraction of sp³-hybridized carbons (Fsp3) is 0.900. The molecule has 17 heavy (non-hydrogen) atoms. The Kier molecular flexibility index (Phi) is 4.03. The van der Waals surface area contributed by atoms with Crippen LogP contribution in [0.5, 0.6) is 0 Å². The van der Waals surface area contributed by atoms with Crippen LogP contribution in [0.2, 0.25) is 0 Å². The van der Waals surface area contributed by atoms with E-state index in [0.29, 0.717) is 26.4 Å². The largest absolute Gasteiger partial charge is 0.415 e. The van der Waals surface area contributed by atoms with Crippen LogP contribution >= 0.6 is 0 Å². The van der Waals surface area contributed by atoms with Crippen LogP contribution in [0.3, 0.4) is 0 Å². The normalized spacial score (nSPS) is 28.1. The van der Waals surface area contributed by atoms with Gasteiger partial charge in [0.2, 0.25) is 5.91 Å². The summed E-state index contributed by atoms with van der Waals surface area (Å²) >= 11 is 0. The van der Waals surface area contributed by atoms with Gasteiger partial charge in [0.1, 0.15) is 0 Å². The van der Waals surface area contributed by atoms with Crippen LogP contribution in [-0.2, 0) is 9.53 Å². The van der Waals surface area contributed by atoms with Crippen molar-refractivity contribution in [3.8, 4) is 0 Å². The predicted molar refractivity (Wildman–Crippen MR) is 55.2 cm³/mol. The van der Waals surface area contributed by atoms with Crippen molar-refractivity contribution in [2.75, 3.05) is 6.61 Å². The first-order chi connectivity index (χ1) is 7.68. The predicted octanol–water partition coefficient (Wildman–Crippen LogP) is 0.950. The van der Waals surface area contributed by atoms with Crippen LogP contribution in [0.25, 0.3) is 0 Å². The van der Waals surface area contributed by atoms with E-state index in [-0.39, 0.29) is 12.1 Å². The minimum Gasteiger partial charge on any atom is -0.378 e. The number of nitrogens with two attached hydrogens (primary N) is 1. The summed E-state index contributed by atoms with van der Waals surface area (Å²) < 4.78 is 42.6. The van der Waals surface area contributed by atoms with E-state index in [2.05, 4.69) is 5.32 Å². The number of hydrogen-bond donors (Lipinski definition) is 2. The third-order valence-electron chi connectivity index (χ3n) is 2.89. The molecular formula is C10H17F3N2O2. The number of ether oxygens (including phenoxy) is 1. The lowest BCUT2D eigenvalue weighted by atomic mass is 9.88. The molecule has 1 unspecified atom stereocenters. The number of rotatable bonds is 4. The van der Waals surface area contributed by atoms with Gasteiger partial charge < -0.3 is 15.8 Å². The lowest BCUT2D eigenvalue weighted by Gasteiger charge is -2.37. The maximum absolute atomic E-state index is 12.4. The van der Waals surface area contributed by atoms with Gasteiger partial charge in [-0.15, -0.1) is 0 Å². The van der Waals surface area contributed by atoms with E-state index in [9.17, 15) is 18.0 Å². The van der Waals surface area contributed by atoms with Crippen molar-refractivity contribution >= 4 is 5.91 Å². The molecule has 0 aromatic carbocycles. The van der Waals surface area contributed by atoms with Crippen molar-refractivity contribution in [3.63, 3.8) is 0 Å². The van der Waals surface area contributed by atoms with Crippen molar-refractivity contribution in [2.45, 2.75) is 50.6 Å². The Morgan fingerprint density at radius 1 is 1.47 bits per heavy atom. The Morgan fingerprint density at radius 3 is 2.41 bits per heavy atom. The first-order valence-corrected chi connectivity index (χ1v) is 5.46. The second-order valence-electron chi connectivity index (χ2n) is 4.42.